The van der Waals surface area contributed by atoms with Crippen molar-refractivity contribution in [1.29, 1.82) is 0 Å². The quantitative estimate of drug-likeness (QED) is 0.784. The Labute approximate surface area is 121 Å². The van der Waals surface area contributed by atoms with Crippen molar-refractivity contribution in [2.45, 2.75) is 20.4 Å². The maximum Gasteiger partial charge on any atom is 0.345 e. The number of hydrogen-bond donors (Lipinski definition) is 2. The summed E-state index contributed by atoms with van der Waals surface area (Å²) in [5.41, 5.74) is 0. The maximum atomic E-state index is 11.6. The second kappa shape index (κ2) is 6.85. The maximum absolute atomic E-state index is 11.6. The summed E-state index contributed by atoms with van der Waals surface area (Å²) in [7, 11) is -3.40. The van der Waals surface area contributed by atoms with Gasteiger partial charge in [-0.25, -0.2) is 13.2 Å². The van der Waals surface area contributed by atoms with Gasteiger partial charge in [-0.1, -0.05) is 13.8 Å². The lowest BCUT2D eigenvalue weighted by Gasteiger charge is -2.07. The lowest BCUT2D eigenvalue weighted by atomic mass is 10.3. The van der Waals surface area contributed by atoms with E-state index in [1.54, 1.807) is 19.9 Å². The van der Waals surface area contributed by atoms with E-state index in [4.69, 9.17) is 5.11 Å². The Hall–Kier alpha value is -1.41. The number of sulfone groups is 1. The molecule has 0 aliphatic carbocycles. The first-order valence-corrected chi connectivity index (χ1v) is 8.62. The fourth-order valence-electron chi connectivity index (χ4n) is 1.59. The van der Waals surface area contributed by atoms with Crippen molar-refractivity contribution in [2.24, 2.45) is 5.92 Å². The van der Waals surface area contributed by atoms with Crippen molar-refractivity contribution in [2.75, 3.05) is 11.5 Å². The molecule has 6 nitrogen and oxygen atoms in total. The first-order valence-electron chi connectivity index (χ1n) is 5.99. The highest BCUT2D eigenvalue weighted by molar-refractivity contribution is 7.92. The molecule has 0 bridgehead atoms. The molecule has 1 aromatic heterocycles. The van der Waals surface area contributed by atoms with Crippen LogP contribution in [-0.2, 0) is 21.2 Å². The number of hydrogen-bond acceptors (Lipinski definition) is 5. The van der Waals surface area contributed by atoms with Gasteiger partial charge in [0, 0.05) is 4.88 Å². The van der Waals surface area contributed by atoms with Crippen molar-refractivity contribution in [3.05, 3.63) is 21.9 Å². The van der Waals surface area contributed by atoms with E-state index < -0.39 is 27.5 Å². The van der Waals surface area contributed by atoms with Gasteiger partial charge in [-0.05, 0) is 18.1 Å². The summed E-state index contributed by atoms with van der Waals surface area (Å²) in [6.45, 7) is 3.68. The van der Waals surface area contributed by atoms with Crippen LogP contribution < -0.4 is 5.32 Å². The molecule has 1 heterocycles. The molecule has 2 N–H and O–H groups in total. The van der Waals surface area contributed by atoms with Crippen molar-refractivity contribution in [3.8, 4) is 0 Å². The summed E-state index contributed by atoms with van der Waals surface area (Å²) in [4.78, 5) is 23.1. The van der Waals surface area contributed by atoms with Crippen LogP contribution in [0.15, 0.2) is 12.1 Å². The second-order valence-corrected chi connectivity index (χ2v) is 8.07. The Bertz CT molecular complexity index is 589. The molecule has 1 aromatic rings. The molecule has 20 heavy (non-hydrogen) atoms. The van der Waals surface area contributed by atoms with Crippen LogP contribution in [0.1, 0.15) is 28.4 Å². The Morgan fingerprint density at radius 2 is 2.00 bits per heavy atom. The lowest BCUT2D eigenvalue weighted by Crippen LogP contribution is -2.31. The fraction of sp³-hybridized carbons (Fsp3) is 0.500. The van der Waals surface area contributed by atoms with Crippen molar-refractivity contribution >= 4 is 33.1 Å². The Balaban J connectivity index is 2.49. The zero-order chi connectivity index (χ0) is 15.3. The van der Waals surface area contributed by atoms with Crippen LogP contribution in [0.25, 0.3) is 0 Å². The predicted molar refractivity (Wildman–Crippen MR) is 76.6 cm³/mol. The van der Waals surface area contributed by atoms with Crippen LogP contribution in [-0.4, -0.2) is 36.9 Å². The molecule has 0 radical (unpaired) electrons. The Morgan fingerprint density at radius 1 is 1.35 bits per heavy atom. The Morgan fingerprint density at radius 3 is 2.50 bits per heavy atom. The third kappa shape index (κ3) is 5.70. The third-order valence-corrected chi connectivity index (χ3v) is 5.22. The third-order valence-electron chi connectivity index (χ3n) is 2.27. The van der Waals surface area contributed by atoms with Crippen LogP contribution in [0.4, 0.5) is 0 Å². The van der Waals surface area contributed by atoms with Gasteiger partial charge in [-0.15, -0.1) is 11.3 Å². The monoisotopic (exact) mass is 319 g/mol. The molecule has 0 aromatic carbocycles. The molecular weight excluding hydrogens is 302 g/mol. The molecule has 8 heteroatoms. The van der Waals surface area contributed by atoms with Crippen molar-refractivity contribution in [3.63, 3.8) is 0 Å². The number of carbonyl (C=O) groups excluding carboxylic acids is 1. The summed E-state index contributed by atoms with van der Waals surface area (Å²) < 4.78 is 23.2. The van der Waals surface area contributed by atoms with Crippen LogP contribution in [0.3, 0.4) is 0 Å². The molecule has 0 aliphatic heterocycles. The standard InChI is InChI=1S/C12H17NO5S2/c1-8(2)6-20(17,18)7-11(14)13-5-9-3-4-10(19-9)12(15)16/h3-4,8H,5-7H2,1-2H3,(H,13,14)(H,15,16). The lowest BCUT2D eigenvalue weighted by molar-refractivity contribution is -0.118. The summed E-state index contributed by atoms with van der Waals surface area (Å²) in [5.74, 6) is -2.18. The van der Waals surface area contributed by atoms with E-state index in [2.05, 4.69) is 5.32 Å². The molecule has 0 spiro atoms. The predicted octanol–water partition coefficient (Wildman–Crippen LogP) is 1.13. The van der Waals surface area contributed by atoms with E-state index in [9.17, 15) is 18.0 Å². The fourth-order valence-corrected chi connectivity index (χ4v) is 4.01. The molecule has 0 aliphatic rings. The largest absolute Gasteiger partial charge is 0.477 e. The van der Waals surface area contributed by atoms with E-state index in [0.29, 0.717) is 4.88 Å². The van der Waals surface area contributed by atoms with E-state index >= 15 is 0 Å². The molecule has 0 atom stereocenters. The van der Waals surface area contributed by atoms with Crippen LogP contribution in [0, 0.1) is 5.92 Å². The number of carboxylic acids is 1. The zero-order valence-electron chi connectivity index (χ0n) is 11.3. The normalized spacial score (nSPS) is 11.6. The van der Waals surface area contributed by atoms with E-state index in [1.165, 1.54) is 6.07 Å². The zero-order valence-corrected chi connectivity index (χ0v) is 12.9. The van der Waals surface area contributed by atoms with E-state index in [0.717, 1.165) is 11.3 Å². The summed E-state index contributed by atoms with van der Waals surface area (Å²) in [5, 5.41) is 11.2. The SMILES string of the molecule is CC(C)CS(=O)(=O)CC(=O)NCc1ccc(C(=O)O)s1. The molecule has 0 unspecified atom stereocenters. The second-order valence-electron chi connectivity index (χ2n) is 4.80. The molecule has 0 saturated carbocycles. The average molecular weight is 319 g/mol. The summed E-state index contributed by atoms with van der Waals surface area (Å²) in [6, 6.07) is 3.04. The topological polar surface area (TPSA) is 101 Å². The highest BCUT2D eigenvalue weighted by Gasteiger charge is 2.18. The number of aromatic carboxylic acids is 1. The van der Waals surface area contributed by atoms with Gasteiger partial charge in [0.25, 0.3) is 0 Å². The molecule has 112 valence electrons. The molecular formula is C12H17NO5S2. The molecule has 1 rings (SSSR count). The highest BCUT2D eigenvalue weighted by atomic mass is 32.2. The number of rotatable bonds is 7. The number of amides is 1. The van der Waals surface area contributed by atoms with E-state index in [1.807, 2.05) is 0 Å². The van der Waals surface area contributed by atoms with Gasteiger partial charge >= 0.3 is 5.97 Å². The number of carboxylic acid groups (broad SMARTS) is 1. The molecule has 0 fully saturated rings. The van der Waals surface area contributed by atoms with Crippen LogP contribution in [0.5, 0.6) is 0 Å². The van der Waals surface area contributed by atoms with Crippen LogP contribution >= 0.6 is 11.3 Å². The Kier molecular flexibility index (Phi) is 5.70. The minimum Gasteiger partial charge on any atom is -0.477 e. The van der Waals surface area contributed by atoms with E-state index in [-0.39, 0.29) is 23.1 Å². The highest BCUT2D eigenvalue weighted by Crippen LogP contribution is 2.16. The van der Waals surface area contributed by atoms with Gasteiger partial charge in [-0.2, -0.15) is 0 Å². The molecule has 0 saturated heterocycles. The van der Waals surface area contributed by atoms with Crippen LogP contribution in [0.2, 0.25) is 0 Å². The molecule has 1 amide bonds. The number of thiophene rings is 1. The first kappa shape index (κ1) is 16.6. The van der Waals surface area contributed by atoms with Gasteiger partial charge in [0.2, 0.25) is 5.91 Å². The van der Waals surface area contributed by atoms with Gasteiger partial charge in [-0.3, -0.25) is 4.79 Å². The minimum absolute atomic E-state index is 0.0248. The summed E-state index contributed by atoms with van der Waals surface area (Å²) >= 11 is 1.05. The first-order chi connectivity index (χ1) is 9.19. The number of carbonyl (C=O) groups is 2. The van der Waals surface area contributed by atoms with Gasteiger partial charge in [0.15, 0.2) is 9.84 Å². The minimum atomic E-state index is -3.40. The van der Waals surface area contributed by atoms with Gasteiger partial charge in [0.1, 0.15) is 10.6 Å². The van der Waals surface area contributed by atoms with Crippen molar-refractivity contribution < 1.29 is 23.1 Å². The van der Waals surface area contributed by atoms with Gasteiger partial charge in [0.05, 0.1) is 12.3 Å². The van der Waals surface area contributed by atoms with Gasteiger partial charge < -0.3 is 10.4 Å². The van der Waals surface area contributed by atoms with Crippen molar-refractivity contribution in [1.82, 2.24) is 5.32 Å². The number of nitrogens with one attached hydrogen (secondary N) is 1. The smallest absolute Gasteiger partial charge is 0.345 e. The average Bonchev–Trinajstić information content (AvgIpc) is 2.72. The summed E-state index contributed by atoms with van der Waals surface area (Å²) in [6.07, 6.45) is 0.